The van der Waals surface area contributed by atoms with Crippen molar-refractivity contribution in [2.45, 2.75) is 31.7 Å². The van der Waals surface area contributed by atoms with Crippen LogP contribution in [0.15, 0.2) is 30.9 Å². The molecule has 4 heterocycles. The van der Waals surface area contributed by atoms with E-state index >= 15 is 0 Å². The minimum Gasteiger partial charge on any atom is -0.339 e. The normalized spacial score (nSPS) is 22.4. The van der Waals surface area contributed by atoms with Crippen molar-refractivity contribution in [1.29, 1.82) is 0 Å². The Kier molecular flexibility index (Phi) is 4.15. The van der Waals surface area contributed by atoms with E-state index in [1.165, 1.54) is 38.8 Å². The minimum absolute atomic E-state index is 0.648. The molecule has 0 N–H and O–H groups in total. The average Bonchev–Trinajstić information content (AvgIpc) is 3.18. The van der Waals surface area contributed by atoms with Gasteiger partial charge in [-0.3, -0.25) is 14.9 Å². The zero-order valence-corrected chi connectivity index (χ0v) is 13.3. The lowest BCUT2D eigenvalue weighted by atomic mass is 10.0. The number of rotatable bonds is 3. The fourth-order valence-corrected chi connectivity index (χ4v) is 3.62. The second-order valence-electron chi connectivity index (χ2n) is 6.32. The molecule has 2 fully saturated rings. The van der Waals surface area contributed by atoms with Gasteiger partial charge >= 0.3 is 0 Å². The van der Waals surface area contributed by atoms with E-state index in [9.17, 15) is 0 Å². The SMILES string of the molecule is c1cnc(-c2ccnc(N3CCCC(N4CCCC4)C3)n2)cn1. The van der Waals surface area contributed by atoms with Crippen LogP contribution in [0.25, 0.3) is 11.4 Å². The molecular formula is C17H22N6. The van der Waals surface area contributed by atoms with Crippen molar-refractivity contribution in [3.63, 3.8) is 0 Å². The highest BCUT2D eigenvalue weighted by atomic mass is 15.3. The van der Waals surface area contributed by atoms with Crippen LogP contribution in [0.5, 0.6) is 0 Å². The summed E-state index contributed by atoms with van der Waals surface area (Å²) in [6.07, 6.45) is 12.1. The fraction of sp³-hybridized carbons (Fsp3) is 0.529. The molecule has 2 aliphatic heterocycles. The summed E-state index contributed by atoms with van der Waals surface area (Å²) in [5.41, 5.74) is 1.63. The van der Waals surface area contributed by atoms with Crippen molar-refractivity contribution in [2.75, 3.05) is 31.1 Å². The standard InChI is InChI=1S/C17H22N6/c1-2-10-22(9-1)14-4-3-11-23(13-14)17-20-6-5-15(21-17)16-12-18-7-8-19-16/h5-8,12,14H,1-4,9-11,13H2. The lowest BCUT2D eigenvalue weighted by Crippen LogP contribution is -2.47. The first-order valence-electron chi connectivity index (χ1n) is 8.48. The van der Waals surface area contributed by atoms with Crippen molar-refractivity contribution in [1.82, 2.24) is 24.8 Å². The molecule has 4 rings (SSSR count). The molecule has 0 aromatic carbocycles. The predicted molar refractivity (Wildman–Crippen MR) is 89.1 cm³/mol. The predicted octanol–water partition coefficient (Wildman–Crippen LogP) is 2.00. The second-order valence-corrected chi connectivity index (χ2v) is 6.32. The molecule has 0 saturated carbocycles. The highest BCUT2D eigenvalue weighted by Crippen LogP contribution is 2.24. The third-order valence-corrected chi connectivity index (χ3v) is 4.80. The number of likely N-dealkylation sites (tertiary alicyclic amines) is 1. The first-order valence-corrected chi connectivity index (χ1v) is 8.48. The van der Waals surface area contributed by atoms with E-state index < -0.39 is 0 Å². The molecule has 0 bridgehead atoms. The largest absolute Gasteiger partial charge is 0.339 e. The van der Waals surface area contributed by atoms with Crippen LogP contribution in [0.4, 0.5) is 5.95 Å². The van der Waals surface area contributed by atoms with Gasteiger partial charge in [-0.05, 0) is 44.8 Å². The van der Waals surface area contributed by atoms with Crippen LogP contribution in [0.2, 0.25) is 0 Å². The van der Waals surface area contributed by atoms with E-state index in [4.69, 9.17) is 4.98 Å². The number of nitrogens with zero attached hydrogens (tertiary/aromatic N) is 6. The van der Waals surface area contributed by atoms with Crippen LogP contribution in [0, 0.1) is 0 Å². The van der Waals surface area contributed by atoms with Gasteiger partial charge in [0.25, 0.3) is 0 Å². The zero-order valence-electron chi connectivity index (χ0n) is 13.3. The van der Waals surface area contributed by atoms with Crippen LogP contribution in [0.1, 0.15) is 25.7 Å². The summed E-state index contributed by atoms with van der Waals surface area (Å²) in [6, 6.07) is 2.55. The van der Waals surface area contributed by atoms with Gasteiger partial charge in [0.2, 0.25) is 5.95 Å². The van der Waals surface area contributed by atoms with Crippen LogP contribution in [-0.4, -0.2) is 57.1 Å². The van der Waals surface area contributed by atoms with Crippen LogP contribution < -0.4 is 4.90 Å². The minimum atomic E-state index is 0.648. The lowest BCUT2D eigenvalue weighted by molar-refractivity contribution is 0.215. The number of aromatic nitrogens is 4. The molecule has 23 heavy (non-hydrogen) atoms. The number of piperidine rings is 1. The van der Waals surface area contributed by atoms with E-state index in [-0.39, 0.29) is 0 Å². The van der Waals surface area contributed by atoms with Gasteiger partial charge in [-0.2, -0.15) is 0 Å². The third-order valence-electron chi connectivity index (χ3n) is 4.80. The molecule has 0 radical (unpaired) electrons. The molecule has 6 nitrogen and oxygen atoms in total. The van der Waals surface area contributed by atoms with Crippen LogP contribution in [0.3, 0.4) is 0 Å². The number of hydrogen-bond acceptors (Lipinski definition) is 6. The average molecular weight is 310 g/mol. The molecule has 0 amide bonds. The summed E-state index contributed by atoms with van der Waals surface area (Å²) < 4.78 is 0. The Morgan fingerprint density at radius 2 is 1.83 bits per heavy atom. The summed E-state index contributed by atoms with van der Waals surface area (Å²) >= 11 is 0. The summed E-state index contributed by atoms with van der Waals surface area (Å²) in [6.45, 7) is 4.57. The monoisotopic (exact) mass is 310 g/mol. The molecule has 2 aliphatic rings. The van der Waals surface area contributed by atoms with Crippen molar-refractivity contribution < 1.29 is 0 Å². The molecular weight excluding hydrogens is 288 g/mol. The van der Waals surface area contributed by atoms with Crippen molar-refractivity contribution in [3.8, 4) is 11.4 Å². The Balaban J connectivity index is 1.53. The Hall–Kier alpha value is -2.08. The number of anilines is 1. The summed E-state index contributed by atoms with van der Waals surface area (Å²) in [5.74, 6) is 0.817. The first kappa shape index (κ1) is 14.5. The van der Waals surface area contributed by atoms with E-state index in [2.05, 4.69) is 24.8 Å². The highest BCUT2D eigenvalue weighted by Gasteiger charge is 2.28. The zero-order chi connectivity index (χ0) is 15.5. The maximum absolute atomic E-state index is 4.72. The van der Waals surface area contributed by atoms with Gasteiger partial charge in [0.1, 0.15) is 5.69 Å². The van der Waals surface area contributed by atoms with Crippen LogP contribution in [-0.2, 0) is 0 Å². The van der Waals surface area contributed by atoms with Gasteiger partial charge < -0.3 is 4.90 Å². The third kappa shape index (κ3) is 3.17. The molecule has 120 valence electrons. The lowest BCUT2D eigenvalue weighted by Gasteiger charge is -2.37. The molecule has 2 aromatic heterocycles. The van der Waals surface area contributed by atoms with Gasteiger partial charge in [0.05, 0.1) is 11.9 Å². The van der Waals surface area contributed by atoms with Gasteiger partial charge in [-0.15, -0.1) is 0 Å². The first-order chi connectivity index (χ1) is 11.4. The molecule has 1 atom stereocenters. The second kappa shape index (κ2) is 6.58. The fourth-order valence-electron chi connectivity index (χ4n) is 3.62. The van der Waals surface area contributed by atoms with E-state index in [1.54, 1.807) is 18.6 Å². The number of hydrogen-bond donors (Lipinski definition) is 0. The van der Waals surface area contributed by atoms with Gasteiger partial charge in [-0.25, -0.2) is 9.97 Å². The Morgan fingerprint density at radius 3 is 2.65 bits per heavy atom. The van der Waals surface area contributed by atoms with E-state index in [0.29, 0.717) is 6.04 Å². The molecule has 2 saturated heterocycles. The Bertz CT molecular complexity index is 641. The molecule has 0 aliphatic carbocycles. The summed E-state index contributed by atoms with van der Waals surface area (Å²) in [4.78, 5) is 22.6. The maximum atomic E-state index is 4.72. The molecule has 2 aromatic rings. The molecule has 0 spiro atoms. The highest BCUT2D eigenvalue weighted by molar-refractivity contribution is 5.54. The van der Waals surface area contributed by atoms with Crippen molar-refractivity contribution in [3.05, 3.63) is 30.9 Å². The van der Waals surface area contributed by atoms with Crippen LogP contribution >= 0.6 is 0 Å². The Labute approximate surface area is 136 Å². The van der Waals surface area contributed by atoms with Crippen molar-refractivity contribution in [2.24, 2.45) is 0 Å². The Morgan fingerprint density at radius 1 is 0.913 bits per heavy atom. The smallest absolute Gasteiger partial charge is 0.225 e. The topological polar surface area (TPSA) is 58.0 Å². The molecule has 1 unspecified atom stereocenters. The van der Waals surface area contributed by atoms with E-state index in [1.807, 2.05) is 12.3 Å². The van der Waals surface area contributed by atoms with E-state index in [0.717, 1.165) is 30.4 Å². The van der Waals surface area contributed by atoms with Gasteiger partial charge in [-0.1, -0.05) is 0 Å². The maximum Gasteiger partial charge on any atom is 0.225 e. The van der Waals surface area contributed by atoms with Gasteiger partial charge in [0, 0.05) is 37.7 Å². The summed E-state index contributed by atoms with van der Waals surface area (Å²) in [7, 11) is 0. The quantitative estimate of drug-likeness (QED) is 0.864. The van der Waals surface area contributed by atoms with Crippen molar-refractivity contribution >= 4 is 5.95 Å². The van der Waals surface area contributed by atoms with Gasteiger partial charge in [0.15, 0.2) is 0 Å². The molecule has 6 heteroatoms. The summed E-state index contributed by atoms with van der Waals surface area (Å²) in [5, 5.41) is 0.